The molecule has 0 aromatic carbocycles. The standard InChI is InChI=1S/C11H23NO2/c1-11(9-13,7-8-14-2)12-10-5-3-4-6-10/h10,12-13H,3-9H2,1-2H3. The van der Waals surface area contributed by atoms with Gasteiger partial charge in [0.25, 0.3) is 0 Å². The molecule has 3 heteroatoms. The average Bonchev–Trinajstić information content (AvgIpc) is 2.67. The van der Waals surface area contributed by atoms with Crippen LogP contribution in [0.2, 0.25) is 0 Å². The summed E-state index contributed by atoms with van der Waals surface area (Å²) >= 11 is 0. The Morgan fingerprint density at radius 2 is 2.07 bits per heavy atom. The van der Waals surface area contributed by atoms with Crippen molar-refractivity contribution in [1.29, 1.82) is 0 Å². The maximum Gasteiger partial charge on any atom is 0.0611 e. The predicted octanol–water partition coefficient (Wildman–Crippen LogP) is 1.31. The van der Waals surface area contributed by atoms with Crippen molar-refractivity contribution in [1.82, 2.24) is 5.32 Å². The summed E-state index contributed by atoms with van der Waals surface area (Å²) in [6.07, 6.45) is 6.02. The molecule has 14 heavy (non-hydrogen) atoms. The SMILES string of the molecule is COCCC(C)(CO)NC1CCCC1. The number of nitrogens with one attached hydrogen (secondary N) is 1. The van der Waals surface area contributed by atoms with E-state index in [-0.39, 0.29) is 12.1 Å². The number of ether oxygens (including phenoxy) is 1. The number of rotatable bonds is 6. The summed E-state index contributed by atoms with van der Waals surface area (Å²) in [6, 6.07) is 0.601. The van der Waals surface area contributed by atoms with Crippen LogP contribution in [-0.2, 0) is 4.74 Å². The smallest absolute Gasteiger partial charge is 0.0611 e. The van der Waals surface area contributed by atoms with E-state index in [9.17, 15) is 5.11 Å². The third kappa shape index (κ3) is 3.56. The zero-order chi connectivity index (χ0) is 10.4. The van der Waals surface area contributed by atoms with E-state index >= 15 is 0 Å². The van der Waals surface area contributed by atoms with Gasteiger partial charge in [-0.25, -0.2) is 0 Å². The van der Waals surface area contributed by atoms with Crippen LogP contribution in [0.1, 0.15) is 39.0 Å². The minimum atomic E-state index is -0.162. The third-order valence-electron chi connectivity index (χ3n) is 3.11. The van der Waals surface area contributed by atoms with E-state index in [0.717, 1.165) is 6.42 Å². The Morgan fingerprint density at radius 1 is 1.43 bits per heavy atom. The summed E-state index contributed by atoms with van der Waals surface area (Å²) in [4.78, 5) is 0. The molecule has 0 aliphatic heterocycles. The van der Waals surface area contributed by atoms with Crippen molar-refractivity contribution in [3.05, 3.63) is 0 Å². The maximum atomic E-state index is 9.35. The van der Waals surface area contributed by atoms with E-state index in [4.69, 9.17) is 4.74 Å². The van der Waals surface area contributed by atoms with Crippen LogP contribution in [0.25, 0.3) is 0 Å². The number of aliphatic hydroxyl groups excluding tert-OH is 1. The first-order valence-electron chi connectivity index (χ1n) is 5.58. The molecular formula is C11H23NO2. The van der Waals surface area contributed by atoms with E-state index < -0.39 is 0 Å². The van der Waals surface area contributed by atoms with Crippen molar-refractivity contribution in [3.8, 4) is 0 Å². The molecule has 0 radical (unpaired) electrons. The van der Waals surface area contributed by atoms with Crippen LogP contribution >= 0.6 is 0 Å². The van der Waals surface area contributed by atoms with Gasteiger partial charge in [0, 0.05) is 25.3 Å². The summed E-state index contributed by atoms with van der Waals surface area (Å²) in [7, 11) is 1.70. The first-order chi connectivity index (χ1) is 6.70. The highest BCUT2D eigenvalue weighted by atomic mass is 16.5. The van der Waals surface area contributed by atoms with E-state index in [2.05, 4.69) is 12.2 Å². The van der Waals surface area contributed by atoms with Crippen LogP contribution in [0, 0.1) is 0 Å². The molecule has 2 N–H and O–H groups in total. The molecule has 1 unspecified atom stereocenters. The first kappa shape index (κ1) is 12.0. The van der Waals surface area contributed by atoms with Gasteiger partial charge in [-0.2, -0.15) is 0 Å². The number of hydrogen-bond donors (Lipinski definition) is 2. The highest BCUT2D eigenvalue weighted by Crippen LogP contribution is 2.21. The summed E-state index contributed by atoms with van der Waals surface area (Å²) in [5, 5.41) is 12.9. The van der Waals surface area contributed by atoms with E-state index in [1.807, 2.05) is 0 Å². The summed E-state index contributed by atoms with van der Waals surface area (Å²) < 4.78 is 5.05. The molecule has 1 fully saturated rings. The minimum absolute atomic E-state index is 0.162. The van der Waals surface area contributed by atoms with E-state index in [0.29, 0.717) is 12.6 Å². The molecule has 3 nitrogen and oxygen atoms in total. The number of hydrogen-bond acceptors (Lipinski definition) is 3. The minimum Gasteiger partial charge on any atom is -0.394 e. The van der Waals surface area contributed by atoms with Gasteiger partial charge in [-0.15, -0.1) is 0 Å². The fraction of sp³-hybridized carbons (Fsp3) is 1.00. The van der Waals surface area contributed by atoms with Crippen LogP contribution in [0.3, 0.4) is 0 Å². The molecule has 1 aliphatic carbocycles. The monoisotopic (exact) mass is 201 g/mol. The summed E-state index contributed by atoms with van der Waals surface area (Å²) in [5.41, 5.74) is -0.162. The van der Waals surface area contributed by atoms with Crippen LogP contribution in [-0.4, -0.2) is 37.0 Å². The Kier molecular flexibility index (Phi) is 4.85. The fourth-order valence-corrected chi connectivity index (χ4v) is 2.09. The number of aliphatic hydroxyl groups is 1. The Labute approximate surface area is 86.8 Å². The van der Waals surface area contributed by atoms with Gasteiger partial charge in [-0.3, -0.25) is 0 Å². The third-order valence-corrected chi connectivity index (χ3v) is 3.11. The van der Waals surface area contributed by atoms with Crippen molar-refractivity contribution < 1.29 is 9.84 Å². The van der Waals surface area contributed by atoms with Gasteiger partial charge in [0.2, 0.25) is 0 Å². The Hall–Kier alpha value is -0.120. The Morgan fingerprint density at radius 3 is 2.57 bits per heavy atom. The lowest BCUT2D eigenvalue weighted by Gasteiger charge is -2.32. The molecule has 1 aliphatic rings. The van der Waals surface area contributed by atoms with Gasteiger partial charge in [0.15, 0.2) is 0 Å². The molecule has 0 heterocycles. The molecule has 1 saturated carbocycles. The Balaban J connectivity index is 2.34. The van der Waals surface area contributed by atoms with Crippen molar-refractivity contribution in [2.75, 3.05) is 20.3 Å². The molecule has 1 rings (SSSR count). The van der Waals surface area contributed by atoms with Crippen LogP contribution < -0.4 is 5.32 Å². The van der Waals surface area contributed by atoms with Gasteiger partial charge >= 0.3 is 0 Å². The maximum absolute atomic E-state index is 9.35. The lowest BCUT2D eigenvalue weighted by molar-refractivity contribution is 0.108. The average molecular weight is 201 g/mol. The molecule has 0 aromatic heterocycles. The van der Waals surface area contributed by atoms with Crippen molar-refractivity contribution in [2.45, 2.75) is 50.6 Å². The molecule has 1 atom stereocenters. The Bertz CT molecular complexity index is 157. The van der Waals surface area contributed by atoms with Gasteiger partial charge in [0.1, 0.15) is 0 Å². The largest absolute Gasteiger partial charge is 0.394 e. The topological polar surface area (TPSA) is 41.5 Å². The molecule has 0 saturated heterocycles. The van der Waals surface area contributed by atoms with Crippen molar-refractivity contribution in [3.63, 3.8) is 0 Å². The zero-order valence-electron chi connectivity index (χ0n) is 9.38. The fourth-order valence-electron chi connectivity index (χ4n) is 2.09. The van der Waals surface area contributed by atoms with Crippen LogP contribution in [0.15, 0.2) is 0 Å². The first-order valence-corrected chi connectivity index (χ1v) is 5.58. The molecule has 0 amide bonds. The normalized spacial score (nSPS) is 22.5. The number of methoxy groups -OCH3 is 1. The second-order valence-electron chi connectivity index (χ2n) is 4.59. The molecule has 0 aromatic rings. The second kappa shape index (κ2) is 5.69. The van der Waals surface area contributed by atoms with Crippen molar-refractivity contribution in [2.24, 2.45) is 0 Å². The van der Waals surface area contributed by atoms with Crippen LogP contribution in [0.5, 0.6) is 0 Å². The highest BCUT2D eigenvalue weighted by molar-refractivity contribution is 4.87. The van der Waals surface area contributed by atoms with Crippen molar-refractivity contribution >= 4 is 0 Å². The van der Waals surface area contributed by atoms with Gasteiger partial charge < -0.3 is 15.2 Å². The van der Waals surface area contributed by atoms with E-state index in [1.54, 1.807) is 7.11 Å². The molecule has 84 valence electrons. The van der Waals surface area contributed by atoms with Gasteiger partial charge in [-0.05, 0) is 26.2 Å². The highest BCUT2D eigenvalue weighted by Gasteiger charge is 2.27. The lowest BCUT2D eigenvalue weighted by atomic mass is 9.97. The van der Waals surface area contributed by atoms with Crippen LogP contribution in [0.4, 0.5) is 0 Å². The van der Waals surface area contributed by atoms with Gasteiger partial charge in [0.05, 0.1) is 6.61 Å². The quantitative estimate of drug-likeness (QED) is 0.681. The summed E-state index contributed by atoms with van der Waals surface area (Å²) in [6.45, 7) is 2.97. The molecule has 0 bridgehead atoms. The van der Waals surface area contributed by atoms with Gasteiger partial charge in [-0.1, -0.05) is 12.8 Å². The molecule has 0 spiro atoms. The second-order valence-corrected chi connectivity index (χ2v) is 4.59. The zero-order valence-corrected chi connectivity index (χ0v) is 9.38. The molecular weight excluding hydrogens is 178 g/mol. The lowest BCUT2D eigenvalue weighted by Crippen LogP contribution is -2.50. The van der Waals surface area contributed by atoms with E-state index in [1.165, 1.54) is 25.7 Å². The summed E-state index contributed by atoms with van der Waals surface area (Å²) in [5.74, 6) is 0. The predicted molar refractivity (Wildman–Crippen MR) is 57.4 cm³/mol.